The van der Waals surface area contributed by atoms with Crippen molar-refractivity contribution in [2.45, 2.75) is 12.3 Å². The second-order valence-electron chi connectivity index (χ2n) is 2.22. The maximum absolute atomic E-state index is 12.4. The summed E-state index contributed by atoms with van der Waals surface area (Å²) in [5.74, 6) is 0.00664. The summed E-state index contributed by atoms with van der Waals surface area (Å²) >= 11 is 11.8. The highest BCUT2D eigenvalue weighted by atomic mass is 79.9. The lowest BCUT2D eigenvalue weighted by atomic mass is 10.2. The summed E-state index contributed by atoms with van der Waals surface area (Å²) in [5.41, 5.74) is 0.0520. The topological polar surface area (TPSA) is 12.9 Å². The Bertz CT molecular complexity index is 320. The van der Waals surface area contributed by atoms with Crippen LogP contribution in [0.25, 0.3) is 0 Å². The smallest absolute Gasteiger partial charge is 0.254 e. The molecule has 1 nitrogen and oxygen atoms in total. The highest BCUT2D eigenvalue weighted by molar-refractivity contribution is 9.13. The van der Waals surface area contributed by atoms with Gasteiger partial charge in [-0.2, -0.15) is 0 Å². The molecule has 13 heavy (non-hydrogen) atoms. The number of halogens is 5. The van der Waals surface area contributed by atoms with Crippen LogP contribution < -0.4 is 0 Å². The van der Waals surface area contributed by atoms with Crippen molar-refractivity contribution in [3.8, 4) is 0 Å². The second-order valence-corrected chi connectivity index (χ2v) is 4.13. The van der Waals surface area contributed by atoms with Crippen LogP contribution in [0.5, 0.6) is 0 Å². The lowest BCUT2D eigenvalue weighted by Gasteiger charge is -2.08. The zero-order chi connectivity index (χ0) is 10.0. The van der Waals surface area contributed by atoms with Gasteiger partial charge in [0.25, 0.3) is 6.43 Å². The summed E-state index contributed by atoms with van der Waals surface area (Å²) in [6.07, 6.45) is -1.28. The molecule has 0 radical (unpaired) electrons. The average Bonchev–Trinajstić information content (AvgIpc) is 2.09. The van der Waals surface area contributed by atoms with Crippen LogP contribution in [0.1, 0.15) is 17.7 Å². The first-order valence-electron chi connectivity index (χ1n) is 3.24. The molecule has 0 aromatic carbocycles. The summed E-state index contributed by atoms with van der Waals surface area (Å²) in [6.45, 7) is 0. The van der Waals surface area contributed by atoms with Crippen molar-refractivity contribution >= 4 is 43.5 Å². The van der Waals surface area contributed by atoms with Crippen LogP contribution in [0.4, 0.5) is 8.78 Å². The summed E-state index contributed by atoms with van der Waals surface area (Å²) in [6, 6.07) is 0. The summed E-state index contributed by atoms with van der Waals surface area (Å²) < 4.78 is 25.9. The third kappa shape index (κ3) is 2.39. The van der Waals surface area contributed by atoms with Gasteiger partial charge in [-0.15, -0.1) is 11.6 Å². The van der Waals surface area contributed by atoms with Gasteiger partial charge in [0.15, 0.2) is 0 Å². The van der Waals surface area contributed by atoms with Crippen molar-refractivity contribution in [1.29, 1.82) is 0 Å². The maximum Gasteiger partial charge on any atom is 0.280 e. The zero-order valence-electron chi connectivity index (χ0n) is 6.20. The Kier molecular flexibility index (Phi) is 4.06. The highest BCUT2D eigenvalue weighted by Gasteiger charge is 2.17. The molecule has 0 aliphatic carbocycles. The number of hydrogen-bond acceptors (Lipinski definition) is 1. The van der Waals surface area contributed by atoms with Crippen LogP contribution in [0, 0.1) is 0 Å². The molecular weight excluding hydrogens is 331 g/mol. The van der Waals surface area contributed by atoms with Crippen molar-refractivity contribution in [3.63, 3.8) is 0 Å². The molecule has 1 aromatic heterocycles. The predicted molar refractivity (Wildman–Crippen MR) is 54.2 cm³/mol. The number of pyridine rings is 1. The van der Waals surface area contributed by atoms with Crippen LogP contribution in [0.2, 0.25) is 0 Å². The molecule has 0 saturated carbocycles. The van der Waals surface area contributed by atoms with E-state index >= 15 is 0 Å². The summed E-state index contributed by atoms with van der Waals surface area (Å²) in [4.78, 5) is 3.60. The molecule has 0 N–H and O–H groups in total. The van der Waals surface area contributed by atoms with E-state index in [1.165, 1.54) is 6.20 Å². The molecule has 0 fully saturated rings. The average molecular weight is 335 g/mol. The Morgan fingerprint density at radius 1 is 1.46 bits per heavy atom. The summed E-state index contributed by atoms with van der Waals surface area (Å²) in [7, 11) is 0. The Labute approximate surface area is 95.8 Å². The lowest BCUT2D eigenvalue weighted by Crippen LogP contribution is -1.98. The highest BCUT2D eigenvalue weighted by Crippen LogP contribution is 2.32. The molecular formula is C7H4Br2ClF2N. The second kappa shape index (κ2) is 4.66. The van der Waals surface area contributed by atoms with Crippen LogP contribution in [-0.2, 0) is 5.88 Å². The maximum atomic E-state index is 12.4. The first-order chi connectivity index (χ1) is 6.07. The van der Waals surface area contributed by atoms with Crippen LogP contribution in [0.3, 0.4) is 0 Å². The molecule has 1 aromatic rings. The van der Waals surface area contributed by atoms with Gasteiger partial charge in [0.1, 0.15) is 5.69 Å². The Morgan fingerprint density at radius 2 is 2.08 bits per heavy atom. The van der Waals surface area contributed by atoms with Crippen molar-refractivity contribution < 1.29 is 8.78 Å². The molecule has 0 unspecified atom stereocenters. The van der Waals surface area contributed by atoms with E-state index in [-0.39, 0.29) is 11.6 Å². The van der Waals surface area contributed by atoms with E-state index in [0.717, 1.165) is 0 Å². The normalized spacial score (nSPS) is 10.9. The van der Waals surface area contributed by atoms with Gasteiger partial charge in [-0.25, -0.2) is 8.78 Å². The number of hydrogen-bond donors (Lipinski definition) is 0. The van der Waals surface area contributed by atoms with Gasteiger partial charge in [-0.1, -0.05) is 0 Å². The minimum absolute atomic E-state index is 0.00664. The van der Waals surface area contributed by atoms with Gasteiger partial charge in [0.2, 0.25) is 0 Å². The number of nitrogens with zero attached hydrogens (tertiary/aromatic N) is 1. The van der Waals surface area contributed by atoms with Gasteiger partial charge < -0.3 is 0 Å². The van der Waals surface area contributed by atoms with E-state index in [4.69, 9.17) is 11.6 Å². The minimum Gasteiger partial charge on any atom is -0.254 e. The van der Waals surface area contributed by atoms with E-state index in [1.54, 1.807) is 0 Å². The third-order valence-electron chi connectivity index (χ3n) is 1.44. The molecule has 1 rings (SSSR count). The third-order valence-corrected chi connectivity index (χ3v) is 3.75. The molecule has 0 aliphatic rings. The van der Waals surface area contributed by atoms with Crippen molar-refractivity contribution in [3.05, 3.63) is 26.4 Å². The van der Waals surface area contributed by atoms with Crippen LogP contribution in [-0.4, -0.2) is 4.98 Å². The number of alkyl halides is 3. The SMILES string of the molecule is FC(F)c1ncc(Br)c(Br)c1CCl. The van der Waals surface area contributed by atoms with Crippen LogP contribution in [0.15, 0.2) is 15.1 Å². The molecule has 0 amide bonds. The fourth-order valence-corrected chi connectivity index (χ4v) is 2.05. The first kappa shape index (κ1) is 11.3. The fraction of sp³-hybridized carbons (Fsp3) is 0.286. The lowest BCUT2D eigenvalue weighted by molar-refractivity contribution is 0.145. The van der Waals surface area contributed by atoms with E-state index in [1.807, 2.05) is 0 Å². The molecule has 72 valence electrons. The van der Waals surface area contributed by atoms with Gasteiger partial charge >= 0.3 is 0 Å². The quantitative estimate of drug-likeness (QED) is 0.735. The molecule has 0 aliphatic heterocycles. The molecule has 0 bridgehead atoms. The molecule has 1 heterocycles. The van der Waals surface area contributed by atoms with Gasteiger partial charge in [0.05, 0.1) is 10.4 Å². The van der Waals surface area contributed by atoms with Crippen molar-refractivity contribution in [1.82, 2.24) is 4.98 Å². The predicted octanol–water partition coefficient (Wildman–Crippen LogP) is 4.28. The van der Waals surface area contributed by atoms with E-state index in [2.05, 4.69) is 36.8 Å². The van der Waals surface area contributed by atoms with Crippen molar-refractivity contribution in [2.75, 3.05) is 0 Å². The fourth-order valence-electron chi connectivity index (χ4n) is 0.833. The van der Waals surface area contributed by atoms with Gasteiger partial charge in [-0.05, 0) is 31.9 Å². The molecule has 0 atom stereocenters. The molecule has 0 spiro atoms. The van der Waals surface area contributed by atoms with E-state index in [0.29, 0.717) is 14.5 Å². The Balaban J connectivity index is 3.30. The minimum atomic E-state index is -2.60. The molecule has 6 heteroatoms. The summed E-state index contributed by atoms with van der Waals surface area (Å²) in [5, 5.41) is 0. The number of aromatic nitrogens is 1. The molecule has 0 saturated heterocycles. The monoisotopic (exact) mass is 333 g/mol. The van der Waals surface area contributed by atoms with Gasteiger partial charge in [-0.3, -0.25) is 4.98 Å². The van der Waals surface area contributed by atoms with E-state index in [9.17, 15) is 8.78 Å². The van der Waals surface area contributed by atoms with Crippen LogP contribution >= 0.6 is 43.5 Å². The Morgan fingerprint density at radius 3 is 2.54 bits per heavy atom. The number of rotatable bonds is 2. The van der Waals surface area contributed by atoms with Crippen molar-refractivity contribution in [2.24, 2.45) is 0 Å². The van der Waals surface area contributed by atoms with E-state index < -0.39 is 6.43 Å². The standard InChI is InChI=1S/C7H4Br2ClF2N/c8-4-2-13-6(7(11)12)3(1-10)5(4)9/h2,7H,1H2. The zero-order valence-corrected chi connectivity index (χ0v) is 10.1. The first-order valence-corrected chi connectivity index (χ1v) is 5.36. The largest absolute Gasteiger partial charge is 0.280 e. The van der Waals surface area contributed by atoms with Gasteiger partial charge in [0, 0.05) is 16.2 Å². The Hall–Kier alpha value is 0.260.